The van der Waals surface area contributed by atoms with E-state index in [9.17, 15) is 40.1 Å². The quantitative estimate of drug-likeness (QED) is 0.0575. The molecule has 6 rings (SSSR count). The Balaban J connectivity index is 0.000000214. The molecule has 6 aromatic rings. The van der Waals surface area contributed by atoms with Gasteiger partial charge < -0.3 is 30.2 Å². The van der Waals surface area contributed by atoms with Crippen molar-refractivity contribution in [1.29, 1.82) is 0 Å². The van der Waals surface area contributed by atoms with Crippen LogP contribution < -0.4 is 9.80 Å². The highest BCUT2D eigenvalue weighted by molar-refractivity contribution is 5.92. The van der Waals surface area contributed by atoms with E-state index < -0.39 is 34.3 Å². The highest BCUT2D eigenvalue weighted by Crippen LogP contribution is 2.38. The zero-order valence-corrected chi connectivity index (χ0v) is 30.7. The summed E-state index contributed by atoms with van der Waals surface area (Å²) in [6, 6.07) is 41.7. The lowest BCUT2D eigenvalue weighted by molar-refractivity contribution is -0.384. The lowest BCUT2D eigenvalue weighted by Crippen LogP contribution is -2.11. The van der Waals surface area contributed by atoms with E-state index in [0.29, 0.717) is 16.7 Å². The average Bonchev–Trinajstić information content (AvgIpc) is 3.17. The molecule has 0 aliphatic carbocycles. The molecule has 0 atom stereocenters. The van der Waals surface area contributed by atoms with Crippen LogP contribution in [0.25, 0.3) is 0 Å². The van der Waals surface area contributed by atoms with Gasteiger partial charge in [-0.05, 0) is 81.9 Å². The van der Waals surface area contributed by atoms with Gasteiger partial charge in [0.25, 0.3) is 5.69 Å². The van der Waals surface area contributed by atoms with E-state index >= 15 is 0 Å². The van der Waals surface area contributed by atoms with Gasteiger partial charge in [0.05, 0.1) is 4.92 Å². The molecule has 0 aliphatic heterocycles. The first kappa shape index (κ1) is 39.1. The Bertz CT molecular complexity index is 2210. The van der Waals surface area contributed by atoms with E-state index in [0.717, 1.165) is 0 Å². The van der Waals surface area contributed by atoms with Crippen molar-refractivity contribution in [3.8, 4) is 11.5 Å². The second kappa shape index (κ2) is 17.1. The van der Waals surface area contributed by atoms with Crippen LogP contribution in [0.1, 0.15) is 65.9 Å². The van der Waals surface area contributed by atoms with Gasteiger partial charge in [0.15, 0.2) is 0 Å². The highest BCUT2D eigenvalue weighted by atomic mass is 16.6. The topological polar surface area (TPSA) is 165 Å². The van der Waals surface area contributed by atoms with Crippen molar-refractivity contribution in [2.75, 3.05) is 38.0 Å². The zero-order chi connectivity index (χ0) is 39.8. The Kier molecular flexibility index (Phi) is 12.2. The van der Waals surface area contributed by atoms with E-state index in [1.165, 1.54) is 82.7 Å². The third-order valence-electron chi connectivity index (χ3n) is 9.16. The van der Waals surface area contributed by atoms with Gasteiger partial charge in [0, 0.05) is 63.5 Å². The highest BCUT2D eigenvalue weighted by Gasteiger charge is 2.24. The molecule has 0 fully saturated rings. The largest absolute Gasteiger partial charge is 0.507 e. The summed E-state index contributed by atoms with van der Waals surface area (Å²) in [5, 5.41) is 49.5. The maximum atomic E-state index is 11.4. The lowest BCUT2D eigenvalue weighted by atomic mass is 9.83. The normalized spacial score (nSPS) is 10.7. The molecule has 0 radical (unpaired) electrons. The minimum Gasteiger partial charge on any atom is -0.507 e. The molecule has 0 unspecified atom stereocenters. The van der Waals surface area contributed by atoms with Crippen molar-refractivity contribution in [2.24, 2.45) is 0 Å². The van der Waals surface area contributed by atoms with Gasteiger partial charge in [0.2, 0.25) is 0 Å². The van der Waals surface area contributed by atoms with Gasteiger partial charge in [-0.2, -0.15) is 0 Å². The molecule has 0 saturated carbocycles. The van der Waals surface area contributed by atoms with Crippen molar-refractivity contribution in [3.05, 3.63) is 194 Å². The number of carboxylic acids is 2. The molecule has 4 N–H and O–H groups in total. The predicted octanol–water partition coefficient (Wildman–Crippen LogP) is 8.58. The van der Waals surface area contributed by atoms with Gasteiger partial charge in [-0.15, -0.1) is 0 Å². The van der Waals surface area contributed by atoms with Crippen molar-refractivity contribution in [3.63, 3.8) is 0 Å². The minimum absolute atomic E-state index is 0.202. The molecule has 55 heavy (non-hydrogen) atoms. The Morgan fingerprint density at radius 1 is 0.509 bits per heavy atom. The molecular formula is C44H41N3O8. The van der Waals surface area contributed by atoms with Crippen LogP contribution in [0.5, 0.6) is 11.5 Å². The molecule has 0 saturated heterocycles. The summed E-state index contributed by atoms with van der Waals surface area (Å²) in [5.74, 6) is -4.24. The summed E-state index contributed by atoms with van der Waals surface area (Å²) >= 11 is 0. The van der Waals surface area contributed by atoms with Crippen molar-refractivity contribution >= 4 is 29.0 Å². The number of non-ortho nitro benzene ring substituents is 1. The van der Waals surface area contributed by atoms with E-state index in [2.05, 4.69) is 117 Å². The molecule has 11 heteroatoms. The Morgan fingerprint density at radius 2 is 0.891 bits per heavy atom. The van der Waals surface area contributed by atoms with Crippen LogP contribution >= 0.6 is 0 Å². The fourth-order valence-corrected chi connectivity index (χ4v) is 6.39. The van der Waals surface area contributed by atoms with Crippen molar-refractivity contribution < 1.29 is 34.9 Å². The second-order valence-electron chi connectivity index (χ2n) is 13.3. The number of hydrogen-bond donors (Lipinski definition) is 4. The Hall–Kier alpha value is -7.14. The van der Waals surface area contributed by atoms with Gasteiger partial charge in [-0.1, -0.05) is 78.9 Å². The number of nitro groups is 1. The molecule has 0 bridgehead atoms. The number of carboxylic acid groups (broad SMARTS) is 2. The van der Waals surface area contributed by atoms with Gasteiger partial charge in [0.1, 0.15) is 22.6 Å². The number of phenols is 2. The fraction of sp³-hybridized carbons (Fsp3) is 0.136. The summed E-state index contributed by atoms with van der Waals surface area (Å²) in [7, 11) is 8.35. The molecule has 11 nitrogen and oxygen atoms in total. The van der Waals surface area contributed by atoms with Crippen LogP contribution in [-0.4, -0.2) is 65.5 Å². The number of benzene rings is 6. The number of aromatic hydroxyl groups is 2. The van der Waals surface area contributed by atoms with Crippen LogP contribution in [0, 0.1) is 10.1 Å². The number of anilines is 2. The summed E-state index contributed by atoms with van der Waals surface area (Å²) in [4.78, 5) is 37.8. The van der Waals surface area contributed by atoms with Crippen LogP contribution in [0.4, 0.5) is 17.1 Å². The van der Waals surface area contributed by atoms with Crippen LogP contribution in [0.3, 0.4) is 0 Å². The smallest absolute Gasteiger partial charge is 0.339 e. The number of nitro benzene ring substituents is 1. The van der Waals surface area contributed by atoms with Crippen LogP contribution in [-0.2, 0) is 0 Å². The van der Waals surface area contributed by atoms with E-state index in [1.54, 1.807) is 6.07 Å². The summed E-state index contributed by atoms with van der Waals surface area (Å²) in [6.45, 7) is 0. The van der Waals surface area contributed by atoms with Gasteiger partial charge in [-0.3, -0.25) is 10.1 Å². The van der Waals surface area contributed by atoms with E-state index in [4.69, 9.17) is 0 Å². The van der Waals surface area contributed by atoms with E-state index in [-0.39, 0.29) is 22.7 Å². The maximum Gasteiger partial charge on any atom is 0.339 e. The first-order valence-electron chi connectivity index (χ1n) is 17.2. The Morgan fingerprint density at radius 3 is 1.31 bits per heavy atom. The maximum absolute atomic E-state index is 11.4. The average molecular weight is 740 g/mol. The molecule has 0 amide bonds. The third-order valence-corrected chi connectivity index (χ3v) is 9.16. The number of carbonyl (C=O) groups is 2. The first-order chi connectivity index (χ1) is 26.2. The third kappa shape index (κ3) is 9.27. The zero-order valence-electron chi connectivity index (χ0n) is 30.7. The first-order valence-corrected chi connectivity index (χ1v) is 17.2. The van der Waals surface area contributed by atoms with Crippen molar-refractivity contribution in [1.82, 2.24) is 0 Å². The van der Waals surface area contributed by atoms with Gasteiger partial charge >= 0.3 is 11.9 Å². The van der Waals surface area contributed by atoms with Crippen LogP contribution in [0.15, 0.2) is 140 Å². The molecule has 0 aliphatic rings. The molecule has 0 aromatic heterocycles. The van der Waals surface area contributed by atoms with Gasteiger partial charge in [-0.25, -0.2) is 9.59 Å². The number of aromatic carboxylic acids is 2. The predicted molar refractivity (Wildman–Crippen MR) is 213 cm³/mol. The monoisotopic (exact) mass is 739 g/mol. The molecule has 280 valence electrons. The molecule has 0 heterocycles. The summed E-state index contributed by atoms with van der Waals surface area (Å²) in [6.07, 6.45) is 0. The van der Waals surface area contributed by atoms with Crippen LogP contribution in [0.2, 0.25) is 0 Å². The lowest BCUT2D eigenvalue weighted by Gasteiger charge is -2.23. The number of hydrogen-bond acceptors (Lipinski definition) is 8. The molecule has 0 spiro atoms. The van der Waals surface area contributed by atoms with E-state index in [1.807, 2.05) is 0 Å². The minimum atomic E-state index is -1.37. The molecule has 6 aromatic carbocycles. The standard InChI is InChI=1S/C23H26N2.C21H15NO8/c1-24(2)21-14-8-12-19(16-21)23(18-10-6-5-7-11-18)20-13-9-15-22(17-20)25(3)4;23-17-6-4-12(9-15(17)20(25)26)19(11-2-1-3-14(8-11)22(29)30)13-5-7-18(24)16(10-13)21(27)28/h5-17,23H,1-4H3;1-10,19,23-24H,(H,25,26)(H,27,28). The van der Waals surface area contributed by atoms with Crippen molar-refractivity contribution in [2.45, 2.75) is 11.8 Å². The second-order valence-corrected chi connectivity index (χ2v) is 13.3. The SMILES string of the molecule is CN(C)c1cccc(C(c2ccccc2)c2cccc(N(C)C)c2)c1.O=C(O)c1cc(C(c2cccc([N+](=O)[O-])c2)c2ccc(O)c(C(=O)O)c2)ccc1O. The Labute approximate surface area is 318 Å². The summed E-state index contributed by atoms with van der Waals surface area (Å²) in [5.41, 5.74) is 6.54. The number of nitrogens with zero attached hydrogens (tertiary/aromatic N) is 3. The fourth-order valence-electron chi connectivity index (χ4n) is 6.39. The summed E-state index contributed by atoms with van der Waals surface area (Å²) < 4.78 is 0. The molecular weight excluding hydrogens is 698 g/mol. The number of rotatable bonds is 11.